The van der Waals surface area contributed by atoms with Gasteiger partial charge in [0.05, 0.1) is 24.7 Å². The molecular weight excluding hydrogens is 182 g/mol. The van der Waals surface area contributed by atoms with E-state index in [0.29, 0.717) is 18.8 Å². The average molecular weight is 193 g/mol. The van der Waals surface area contributed by atoms with Gasteiger partial charge in [0.1, 0.15) is 6.33 Å². The largest absolute Gasteiger partial charge is 0.379 e. The third kappa shape index (κ3) is 1.64. The summed E-state index contributed by atoms with van der Waals surface area (Å²) in [4.78, 5) is 19.4. The Morgan fingerprint density at radius 2 is 2.14 bits per heavy atom. The molecule has 5 nitrogen and oxygen atoms in total. The molecule has 0 radical (unpaired) electrons. The minimum atomic E-state index is -0.249. The Hall–Kier alpha value is -1.33. The van der Waals surface area contributed by atoms with Crippen molar-refractivity contribution in [1.82, 2.24) is 9.97 Å². The van der Waals surface area contributed by atoms with Crippen molar-refractivity contribution in [2.45, 2.75) is 6.04 Å². The van der Waals surface area contributed by atoms with Crippen LogP contribution in [0.3, 0.4) is 0 Å². The number of hydrogen-bond acceptors (Lipinski definition) is 5. The maximum Gasteiger partial charge on any atom is 0.172 e. The summed E-state index contributed by atoms with van der Waals surface area (Å²) >= 11 is 0. The van der Waals surface area contributed by atoms with Crippen LogP contribution in [0.5, 0.6) is 0 Å². The number of aromatic nitrogens is 2. The Kier molecular flexibility index (Phi) is 2.51. The standard InChI is InChI=1S/C9H11N3O2/c10-8-4-14-3-7(8)9(13)6-1-11-5-12-2-6/h1-2,5,7-8H,3-4,10H2. The zero-order chi connectivity index (χ0) is 9.97. The van der Waals surface area contributed by atoms with Gasteiger partial charge in [-0.25, -0.2) is 9.97 Å². The van der Waals surface area contributed by atoms with Gasteiger partial charge in [-0.05, 0) is 0 Å². The van der Waals surface area contributed by atoms with Crippen molar-refractivity contribution >= 4 is 5.78 Å². The van der Waals surface area contributed by atoms with Gasteiger partial charge in [-0.1, -0.05) is 0 Å². The predicted molar refractivity (Wildman–Crippen MR) is 48.6 cm³/mol. The monoisotopic (exact) mass is 193 g/mol. The van der Waals surface area contributed by atoms with E-state index in [-0.39, 0.29) is 17.7 Å². The van der Waals surface area contributed by atoms with Crippen molar-refractivity contribution in [3.05, 3.63) is 24.3 Å². The van der Waals surface area contributed by atoms with E-state index in [1.165, 1.54) is 18.7 Å². The van der Waals surface area contributed by atoms with Gasteiger partial charge in [-0.2, -0.15) is 0 Å². The minimum absolute atomic E-state index is 0.0319. The molecule has 0 aliphatic carbocycles. The lowest BCUT2D eigenvalue weighted by molar-refractivity contribution is 0.0895. The van der Waals surface area contributed by atoms with Gasteiger partial charge in [-0.15, -0.1) is 0 Å². The number of carbonyl (C=O) groups excluding carboxylic acids is 1. The van der Waals surface area contributed by atoms with Gasteiger partial charge in [0, 0.05) is 18.4 Å². The quantitative estimate of drug-likeness (QED) is 0.648. The Balaban J connectivity index is 2.16. The van der Waals surface area contributed by atoms with Crippen LogP contribution in [0.25, 0.3) is 0 Å². The van der Waals surface area contributed by atoms with E-state index in [4.69, 9.17) is 10.5 Å². The topological polar surface area (TPSA) is 78.1 Å². The molecule has 2 unspecified atom stereocenters. The number of nitrogens with two attached hydrogens (primary N) is 1. The van der Waals surface area contributed by atoms with E-state index in [2.05, 4.69) is 9.97 Å². The van der Waals surface area contributed by atoms with Crippen molar-refractivity contribution in [2.24, 2.45) is 11.7 Å². The second-order valence-electron chi connectivity index (χ2n) is 3.30. The van der Waals surface area contributed by atoms with E-state index in [0.717, 1.165) is 0 Å². The number of ketones is 1. The van der Waals surface area contributed by atoms with Crippen molar-refractivity contribution < 1.29 is 9.53 Å². The van der Waals surface area contributed by atoms with Crippen LogP contribution < -0.4 is 5.73 Å². The summed E-state index contributed by atoms with van der Waals surface area (Å²) in [6, 6.07) is -0.206. The summed E-state index contributed by atoms with van der Waals surface area (Å²) in [7, 11) is 0. The molecule has 0 saturated carbocycles. The van der Waals surface area contributed by atoms with Crippen LogP contribution in [-0.2, 0) is 4.74 Å². The number of hydrogen-bond donors (Lipinski definition) is 1. The molecule has 1 aromatic rings. The molecule has 74 valence electrons. The van der Waals surface area contributed by atoms with Gasteiger partial charge in [0.2, 0.25) is 0 Å². The third-order valence-corrected chi connectivity index (χ3v) is 2.31. The first-order valence-corrected chi connectivity index (χ1v) is 4.41. The Bertz CT molecular complexity index is 328. The summed E-state index contributed by atoms with van der Waals surface area (Å²) in [6.07, 6.45) is 4.39. The van der Waals surface area contributed by atoms with Crippen LogP contribution in [0.2, 0.25) is 0 Å². The molecule has 2 atom stereocenters. The summed E-state index contributed by atoms with van der Waals surface area (Å²) in [5.74, 6) is -0.281. The molecule has 1 fully saturated rings. The fourth-order valence-corrected chi connectivity index (χ4v) is 1.48. The summed E-state index contributed by atoms with van der Waals surface area (Å²) < 4.78 is 5.13. The van der Waals surface area contributed by atoms with Crippen LogP contribution in [0.15, 0.2) is 18.7 Å². The molecule has 1 aliphatic heterocycles. The Labute approximate surface area is 81.3 Å². The van der Waals surface area contributed by atoms with Crippen LogP contribution in [-0.4, -0.2) is 35.0 Å². The first kappa shape index (κ1) is 9.23. The highest BCUT2D eigenvalue weighted by Gasteiger charge is 2.31. The van der Waals surface area contributed by atoms with Crippen LogP contribution in [0.1, 0.15) is 10.4 Å². The molecule has 1 aromatic heterocycles. The molecule has 0 aromatic carbocycles. The lowest BCUT2D eigenvalue weighted by atomic mass is 9.95. The zero-order valence-corrected chi connectivity index (χ0v) is 7.59. The molecule has 2 rings (SSSR count). The van der Waals surface area contributed by atoms with Gasteiger partial charge in [0.15, 0.2) is 5.78 Å². The number of ether oxygens (including phenoxy) is 1. The Morgan fingerprint density at radius 1 is 1.43 bits per heavy atom. The lowest BCUT2D eigenvalue weighted by Gasteiger charge is -2.10. The van der Waals surface area contributed by atoms with E-state index < -0.39 is 0 Å². The fourth-order valence-electron chi connectivity index (χ4n) is 1.48. The fraction of sp³-hybridized carbons (Fsp3) is 0.444. The maximum atomic E-state index is 11.8. The van der Waals surface area contributed by atoms with Crippen LogP contribution in [0, 0.1) is 5.92 Å². The zero-order valence-electron chi connectivity index (χ0n) is 7.59. The number of rotatable bonds is 2. The maximum absolute atomic E-state index is 11.8. The van der Waals surface area contributed by atoms with E-state index >= 15 is 0 Å². The highest BCUT2D eigenvalue weighted by molar-refractivity contribution is 5.98. The molecule has 1 saturated heterocycles. The van der Waals surface area contributed by atoms with Gasteiger partial charge in [0.25, 0.3) is 0 Å². The van der Waals surface area contributed by atoms with Crippen LogP contribution >= 0.6 is 0 Å². The highest BCUT2D eigenvalue weighted by Crippen LogP contribution is 2.16. The Morgan fingerprint density at radius 3 is 2.71 bits per heavy atom. The molecule has 2 heterocycles. The number of Topliss-reactive ketones (excluding diaryl/α,β-unsaturated/α-hetero) is 1. The molecule has 14 heavy (non-hydrogen) atoms. The highest BCUT2D eigenvalue weighted by atomic mass is 16.5. The van der Waals surface area contributed by atoms with E-state index in [9.17, 15) is 4.79 Å². The molecule has 0 bridgehead atoms. The predicted octanol–water partition coefficient (Wildman–Crippen LogP) is -0.367. The smallest absolute Gasteiger partial charge is 0.172 e. The molecular formula is C9H11N3O2. The van der Waals surface area contributed by atoms with Gasteiger partial charge in [-0.3, -0.25) is 4.79 Å². The van der Waals surface area contributed by atoms with Gasteiger partial charge >= 0.3 is 0 Å². The first-order chi connectivity index (χ1) is 6.79. The minimum Gasteiger partial charge on any atom is -0.379 e. The lowest BCUT2D eigenvalue weighted by Crippen LogP contribution is -2.34. The second-order valence-corrected chi connectivity index (χ2v) is 3.30. The van der Waals surface area contributed by atoms with Crippen molar-refractivity contribution in [1.29, 1.82) is 0 Å². The summed E-state index contributed by atoms with van der Waals surface area (Å²) in [5.41, 5.74) is 6.23. The first-order valence-electron chi connectivity index (χ1n) is 4.41. The molecule has 2 N–H and O–H groups in total. The summed E-state index contributed by atoms with van der Waals surface area (Å²) in [6.45, 7) is 0.846. The van der Waals surface area contributed by atoms with Crippen molar-refractivity contribution in [2.75, 3.05) is 13.2 Å². The molecule has 5 heteroatoms. The number of nitrogens with zero attached hydrogens (tertiary/aromatic N) is 2. The van der Waals surface area contributed by atoms with Crippen molar-refractivity contribution in [3.63, 3.8) is 0 Å². The van der Waals surface area contributed by atoms with E-state index in [1.807, 2.05) is 0 Å². The average Bonchev–Trinajstić information content (AvgIpc) is 2.65. The second kappa shape index (κ2) is 3.81. The van der Waals surface area contributed by atoms with Gasteiger partial charge < -0.3 is 10.5 Å². The molecule has 0 amide bonds. The SMILES string of the molecule is NC1COCC1C(=O)c1cncnc1. The third-order valence-electron chi connectivity index (χ3n) is 2.31. The normalized spacial score (nSPS) is 26.4. The number of carbonyl (C=O) groups is 1. The molecule has 0 spiro atoms. The summed E-state index contributed by atoms with van der Waals surface area (Å²) in [5, 5.41) is 0. The van der Waals surface area contributed by atoms with Crippen molar-refractivity contribution in [3.8, 4) is 0 Å². The van der Waals surface area contributed by atoms with E-state index in [1.54, 1.807) is 0 Å². The molecule has 1 aliphatic rings. The van der Waals surface area contributed by atoms with Crippen LogP contribution in [0.4, 0.5) is 0 Å².